The summed E-state index contributed by atoms with van der Waals surface area (Å²) >= 11 is 3.44. The maximum absolute atomic E-state index is 12.4. The van der Waals surface area contributed by atoms with Crippen LogP contribution >= 0.6 is 15.9 Å². The molecular formula is C14H18BrNO. The van der Waals surface area contributed by atoms with Gasteiger partial charge in [0.05, 0.1) is 5.56 Å². The number of hydrogen-bond donors (Lipinski definition) is 0. The maximum Gasteiger partial charge on any atom is 0.254 e. The Labute approximate surface area is 111 Å². The Kier molecular flexibility index (Phi) is 4.21. The molecule has 0 atom stereocenters. The Morgan fingerprint density at radius 1 is 1.41 bits per heavy atom. The van der Waals surface area contributed by atoms with E-state index < -0.39 is 0 Å². The van der Waals surface area contributed by atoms with Crippen molar-refractivity contribution in [3.63, 3.8) is 0 Å². The predicted molar refractivity (Wildman–Crippen MR) is 73.1 cm³/mol. The molecule has 0 aromatic heterocycles. The molecule has 17 heavy (non-hydrogen) atoms. The van der Waals surface area contributed by atoms with E-state index in [1.54, 1.807) is 0 Å². The summed E-state index contributed by atoms with van der Waals surface area (Å²) in [6.45, 7) is 3.75. The fourth-order valence-corrected chi connectivity index (χ4v) is 2.60. The fourth-order valence-electron chi connectivity index (χ4n) is 2.15. The van der Waals surface area contributed by atoms with Gasteiger partial charge >= 0.3 is 0 Å². The van der Waals surface area contributed by atoms with E-state index in [2.05, 4.69) is 15.9 Å². The van der Waals surface area contributed by atoms with E-state index in [1.165, 1.54) is 19.3 Å². The molecule has 0 radical (unpaired) electrons. The number of rotatable bonds is 4. The zero-order valence-electron chi connectivity index (χ0n) is 10.2. The van der Waals surface area contributed by atoms with E-state index >= 15 is 0 Å². The van der Waals surface area contributed by atoms with Gasteiger partial charge in [0.2, 0.25) is 0 Å². The van der Waals surface area contributed by atoms with Gasteiger partial charge in [-0.05, 0) is 53.7 Å². The average Bonchev–Trinajstić information content (AvgIpc) is 2.28. The molecule has 1 aliphatic carbocycles. The van der Waals surface area contributed by atoms with Crippen molar-refractivity contribution in [3.8, 4) is 0 Å². The summed E-state index contributed by atoms with van der Waals surface area (Å²) in [5, 5.41) is 0. The van der Waals surface area contributed by atoms with Gasteiger partial charge < -0.3 is 4.90 Å². The first-order chi connectivity index (χ1) is 8.22. The monoisotopic (exact) mass is 295 g/mol. The highest BCUT2D eigenvalue weighted by Gasteiger charge is 2.24. The molecule has 1 aliphatic rings. The highest BCUT2D eigenvalue weighted by atomic mass is 79.9. The van der Waals surface area contributed by atoms with Gasteiger partial charge in [0, 0.05) is 17.6 Å². The molecule has 1 aromatic carbocycles. The van der Waals surface area contributed by atoms with Crippen molar-refractivity contribution in [1.82, 2.24) is 4.90 Å². The second-order valence-corrected chi connectivity index (χ2v) is 5.47. The first-order valence-corrected chi connectivity index (χ1v) is 7.05. The molecule has 1 fully saturated rings. The van der Waals surface area contributed by atoms with E-state index in [9.17, 15) is 4.79 Å². The Bertz CT molecular complexity index is 401. The van der Waals surface area contributed by atoms with Crippen molar-refractivity contribution in [3.05, 3.63) is 34.3 Å². The summed E-state index contributed by atoms with van der Waals surface area (Å²) in [4.78, 5) is 14.3. The first-order valence-electron chi connectivity index (χ1n) is 6.26. The van der Waals surface area contributed by atoms with Crippen LogP contribution in [0.4, 0.5) is 0 Å². The molecule has 0 spiro atoms. The van der Waals surface area contributed by atoms with Crippen LogP contribution in [-0.2, 0) is 0 Å². The number of halogens is 1. The number of benzene rings is 1. The quantitative estimate of drug-likeness (QED) is 0.829. The average molecular weight is 296 g/mol. The molecule has 0 bridgehead atoms. The first kappa shape index (κ1) is 12.6. The minimum absolute atomic E-state index is 0.145. The molecule has 0 saturated heterocycles. The van der Waals surface area contributed by atoms with Crippen LogP contribution < -0.4 is 0 Å². The lowest BCUT2D eigenvalue weighted by atomic mass is 9.85. The summed E-state index contributed by atoms with van der Waals surface area (Å²) in [6, 6.07) is 7.65. The summed E-state index contributed by atoms with van der Waals surface area (Å²) in [7, 11) is 0. The summed E-state index contributed by atoms with van der Waals surface area (Å²) in [6.07, 6.45) is 3.88. The van der Waals surface area contributed by atoms with E-state index in [0.717, 1.165) is 29.0 Å². The predicted octanol–water partition coefficient (Wildman–Crippen LogP) is 3.71. The maximum atomic E-state index is 12.4. The third-order valence-corrected chi connectivity index (χ3v) is 4.17. The van der Waals surface area contributed by atoms with Crippen molar-refractivity contribution in [2.75, 3.05) is 13.1 Å². The van der Waals surface area contributed by atoms with E-state index in [0.29, 0.717) is 0 Å². The van der Waals surface area contributed by atoms with Crippen LogP contribution in [0.25, 0.3) is 0 Å². The molecular weight excluding hydrogens is 278 g/mol. The molecule has 0 unspecified atom stereocenters. The number of carbonyl (C=O) groups is 1. The van der Waals surface area contributed by atoms with Crippen LogP contribution in [0.2, 0.25) is 0 Å². The summed E-state index contributed by atoms with van der Waals surface area (Å²) in [5.41, 5.74) is 0.772. The van der Waals surface area contributed by atoms with Crippen molar-refractivity contribution in [2.45, 2.75) is 26.2 Å². The molecule has 1 aromatic rings. The molecule has 2 nitrogen and oxygen atoms in total. The topological polar surface area (TPSA) is 20.3 Å². The standard InChI is InChI=1S/C14H18BrNO/c1-2-16(10-11-6-5-7-11)14(17)12-8-3-4-9-13(12)15/h3-4,8-9,11H,2,5-7,10H2,1H3. The molecule has 3 heteroatoms. The summed E-state index contributed by atoms with van der Waals surface area (Å²) in [5.74, 6) is 0.869. The molecule has 0 N–H and O–H groups in total. The van der Waals surface area contributed by atoms with Gasteiger partial charge in [-0.15, -0.1) is 0 Å². The van der Waals surface area contributed by atoms with Gasteiger partial charge in [0.25, 0.3) is 5.91 Å². The Morgan fingerprint density at radius 2 is 2.12 bits per heavy atom. The third kappa shape index (κ3) is 2.89. The smallest absolute Gasteiger partial charge is 0.254 e. The summed E-state index contributed by atoms with van der Waals surface area (Å²) < 4.78 is 0.886. The number of nitrogens with zero attached hydrogens (tertiary/aromatic N) is 1. The van der Waals surface area contributed by atoms with E-state index in [4.69, 9.17) is 0 Å². The van der Waals surface area contributed by atoms with Crippen LogP contribution in [0.3, 0.4) is 0 Å². The van der Waals surface area contributed by atoms with Gasteiger partial charge in [0.15, 0.2) is 0 Å². The minimum Gasteiger partial charge on any atom is -0.339 e. The largest absolute Gasteiger partial charge is 0.339 e. The molecule has 1 amide bonds. The van der Waals surface area contributed by atoms with Gasteiger partial charge in [0.1, 0.15) is 0 Å². The molecule has 1 saturated carbocycles. The Hall–Kier alpha value is -0.830. The van der Waals surface area contributed by atoms with Gasteiger partial charge in [-0.2, -0.15) is 0 Å². The molecule has 0 aliphatic heterocycles. The molecule has 2 rings (SSSR count). The lowest BCUT2D eigenvalue weighted by molar-refractivity contribution is 0.0705. The number of amides is 1. The Balaban J connectivity index is 2.08. The van der Waals surface area contributed by atoms with Gasteiger partial charge in [-0.3, -0.25) is 4.79 Å². The normalized spacial score (nSPS) is 15.4. The fraction of sp³-hybridized carbons (Fsp3) is 0.500. The lowest BCUT2D eigenvalue weighted by Crippen LogP contribution is -2.37. The van der Waals surface area contributed by atoms with Crippen LogP contribution in [0.5, 0.6) is 0 Å². The zero-order chi connectivity index (χ0) is 12.3. The van der Waals surface area contributed by atoms with Crippen LogP contribution in [0, 0.1) is 5.92 Å². The number of hydrogen-bond acceptors (Lipinski definition) is 1. The number of carbonyl (C=O) groups excluding carboxylic acids is 1. The van der Waals surface area contributed by atoms with Crippen LogP contribution in [0.1, 0.15) is 36.5 Å². The minimum atomic E-state index is 0.145. The third-order valence-electron chi connectivity index (χ3n) is 3.48. The highest BCUT2D eigenvalue weighted by molar-refractivity contribution is 9.10. The van der Waals surface area contributed by atoms with E-state index in [-0.39, 0.29) is 5.91 Å². The van der Waals surface area contributed by atoms with Gasteiger partial charge in [-0.25, -0.2) is 0 Å². The van der Waals surface area contributed by atoms with Crippen LogP contribution in [-0.4, -0.2) is 23.9 Å². The van der Waals surface area contributed by atoms with Gasteiger partial charge in [-0.1, -0.05) is 18.6 Å². The van der Waals surface area contributed by atoms with E-state index in [1.807, 2.05) is 36.1 Å². The molecule has 92 valence electrons. The highest BCUT2D eigenvalue weighted by Crippen LogP contribution is 2.28. The van der Waals surface area contributed by atoms with Crippen molar-refractivity contribution in [2.24, 2.45) is 5.92 Å². The van der Waals surface area contributed by atoms with Crippen molar-refractivity contribution in [1.29, 1.82) is 0 Å². The second-order valence-electron chi connectivity index (χ2n) is 4.62. The van der Waals surface area contributed by atoms with Crippen molar-refractivity contribution < 1.29 is 4.79 Å². The lowest BCUT2D eigenvalue weighted by Gasteiger charge is -2.32. The van der Waals surface area contributed by atoms with Crippen LogP contribution in [0.15, 0.2) is 28.7 Å². The molecule has 0 heterocycles. The van der Waals surface area contributed by atoms with Crippen molar-refractivity contribution >= 4 is 21.8 Å². The zero-order valence-corrected chi connectivity index (χ0v) is 11.7. The SMILES string of the molecule is CCN(CC1CCC1)C(=O)c1ccccc1Br. The Morgan fingerprint density at radius 3 is 2.65 bits per heavy atom. The second kappa shape index (κ2) is 5.67.